The van der Waals surface area contributed by atoms with Crippen LogP contribution in [0.25, 0.3) is 5.69 Å². The van der Waals surface area contributed by atoms with E-state index in [1.807, 2.05) is 91.0 Å². The van der Waals surface area contributed by atoms with E-state index in [4.69, 9.17) is 9.84 Å². The topological polar surface area (TPSA) is 68.2 Å². The molecule has 0 saturated heterocycles. The molecule has 6 heteroatoms. The number of nitrogens with zero attached hydrogens (tertiary/aromatic N) is 2. The highest BCUT2D eigenvalue weighted by Gasteiger charge is 2.21. The van der Waals surface area contributed by atoms with Crippen LogP contribution in [-0.4, -0.2) is 15.8 Å². The zero-order valence-corrected chi connectivity index (χ0v) is 18.4. The lowest BCUT2D eigenvalue weighted by molar-refractivity contribution is 0.262. The summed E-state index contributed by atoms with van der Waals surface area (Å²) in [6.45, 7) is 6.26. The maximum absolute atomic E-state index is 12.6. The Balaban J connectivity index is 1.63. The minimum atomic E-state index is -0.338. The number of benzene rings is 3. The summed E-state index contributed by atoms with van der Waals surface area (Å²) in [4.78, 5) is 12.6. The van der Waals surface area contributed by atoms with E-state index in [0.29, 0.717) is 17.3 Å². The lowest BCUT2D eigenvalue weighted by atomic mass is 9.92. The normalized spacial score (nSPS) is 11.1. The van der Waals surface area contributed by atoms with Gasteiger partial charge in [0, 0.05) is 23.2 Å². The molecule has 1 aromatic heterocycles. The highest BCUT2D eigenvalue weighted by atomic mass is 16.5. The second-order valence-corrected chi connectivity index (χ2v) is 8.43. The van der Waals surface area contributed by atoms with Crippen molar-refractivity contribution < 1.29 is 9.53 Å². The molecule has 2 amide bonds. The first kappa shape index (κ1) is 21.2. The lowest BCUT2D eigenvalue weighted by Crippen LogP contribution is -2.21. The van der Waals surface area contributed by atoms with Gasteiger partial charge in [-0.25, -0.2) is 9.48 Å². The molecule has 0 aliphatic rings. The van der Waals surface area contributed by atoms with E-state index in [1.165, 1.54) is 0 Å². The fourth-order valence-corrected chi connectivity index (χ4v) is 3.14. The molecule has 162 valence electrons. The number of hydrogen-bond acceptors (Lipinski definition) is 3. The number of para-hydroxylation sites is 2. The average Bonchev–Trinajstić information content (AvgIpc) is 3.19. The van der Waals surface area contributed by atoms with Gasteiger partial charge in [0.1, 0.15) is 17.3 Å². The Morgan fingerprint density at radius 1 is 0.812 bits per heavy atom. The van der Waals surface area contributed by atoms with Gasteiger partial charge >= 0.3 is 6.03 Å². The van der Waals surface area contributed by atoms with Gasteiger partial charge in [0.15, 0.2) is 0 Å². The number of nitrogens with one attached hydrogen (secondary N) is 2. The molecule has 6 nitrogen and oxygen atoms in total. The Morgan fingerprint density at radius 2 is 1.47 bits per heavy atom. The van der Waals surface area contributed by atoms with Gasteiger partial charge in [0.2, 0.25) is 0 Å². The summed E-state index contributed by atoms with van der Waals surface area (Å²) in [6.07, 6.45) is 0. The molecule has 0 radical (unpaired) electrons. The molecule has 0 saturated carbocycles. The summed E-state index contributed by atoms with van der Waals surface area (Å²) >= 11 is 0. The molecular weight excluding hydrogens is 400 g/mol. The van der Waals surface area contributed by atoms with Gasteiger partial charge in [-0.05, 0) is 36.4 Å². The summed E-state index contributed by atoms with van der Waals surface area (Å²) < 4.78 is 7.70. The fourth-order valence-electron chi connectivity index (χ4n) is 3.14. The minimum absolute atomic E-state index is 0.185. The molecule has 0 bridgehead atoms. The summed E-state index contributed by atoms with van der Waals surface area (Å²) in [5.41, 5.74) is 2.17. The van der Waals surface area contributed by atoms with Crippen molar-refractivity contribution in [3.63, 3.8) is 0 Å². The van der Waals surface area contributed by atoms with E-state index in [9.17, 15) is 4.79 Å². The van der Waals surface area contributed by atoms with Gasteiger partial charge in [-0.1, -0.05) is 63.2 Å². The first-order valence-corrected chi connectivity index (χ1v) is 10.5. The third-order valence-corrected chi connectivity index (χ3v) is 4.79. The van der Waals surface area contributed by atoms with Crippen molar-refractivity contribution in [3.05, 3.63) is 96.7 Å². The highest BCUT2D eigenvalue weighted by Crippen LogP contribution is 2.29. The first-order valence-electron chi connectivity index (χ1n) is 10.5. The van der Waals surface area contributed by atoms with E-state index < -0.39 is 0 Å². The minimum Gasteiger partial charge on any atom is -0.457 e. The van der Waals surface area contributed by atoms with Crippen LogP contribution < -0.4 is 15.4 Å². The van der Waals surface area contributed by atoms with Gasteiger partial charge in [0.05, 0.1) is 11.4 Å². The number of rotatable bonds is 5. The highest BCUT2D eigenvalue weighted by molar-refractivity contribution is 5.99. The molecule has 0 fully saturated rings. The van der Waals surface area contributed by atoms with E-state index in [-0.39, 0.29) is 11.4 Å². The molecule has 3 aromatic carbocycles. The van der Waals surface area contributed by atoms with Crippen molar-refractivity contribution >= 4 is 17.5 Å². The van der Waals surface area contributed by atoms with Crippen LogP contribution in [0.3, 0.4) is 0 Å². The third-order valence-electron chi connectivity index (χ3n) is 4.79. The number of aromatic nitrogens is 2. The predicted molar refractivity (Wildman–Crippen MR) is 128 cm³/mol. The number of urea groups is 1. The molecule has 0 aliphatic heterocycles. The van der Waals surface area contributed by atoms with Crippen LogP contribution >= 0.6 is 0 Å². The van der Waals surface area contributed by atoms with Crippen molar-refractivity contribution in [2.75, 3.05) is 10.6 Å². The van der Waals surface area contributed by atoms with Crippen LogP contribution in [-0.2, 0) is 5.41 Å². The Morgan fingerprint density at radius 3 is 2.16 bits per heavy atom. The maximum atomic E-state index is 12.6. The summed E-state index contributed by atoms with van der Waals surface area (Å²) in [5, 5.41) is 10.6. The largest absolute Gasteiger partial charge is 0.457 e. The molecule has 1 heterocycles. The van der Waals surface area contributed by atoms with E-state index in [2.05, 4.69) is 31.4 Å². The fraction of sp³-hybridized carbons (Fsp3) is 0.154. The number of carbonyl (C=O) groups excluding carboxylic acids is 1. The van der Waals surface area contributed by atoms with Crippen LogP contribution in [0.4, 0.5) is 16.3 Å². The molecular formula is C26H26N4O2. The quantitative estimate of drug-likeness (QED) is 0.377. The van der Waals surface area contributed by atoms with Crippen LogP contribution in [0.5, 0.6) is 11.5 Å². The number of ether oxygens (including phenoxy) is 1. The zero-order valence-electron chi connectivity index (χ0n) is 18.4. The Bertz CT molecular complexity index is 1200. The molecule has 4 rings (SSSR count). The molecule has 0 aliphatic carbocycles. The van der Waals surface area contributed by atoms with Gasteiger partial charge in [-0.15, -0.1) is 0 Å². The molecule has 2 N–H and O–H groups in total. The van der Waals surface area contributed by atoms with Crippen LogP contribution in [0.2, 0.25) is 0 Å². The predicted octanol–water partition coefficient (Wildman–Crippen LogP) is 6.61. The number of hydrogen-bond donors (Lipinski definition) is 2. The Hall–Kier alpha value is -4.06. The third kappa shape index (κ3) is 5.16. The summed E-state index contributed by atoms with van der Waals surface area (Å²) in [7, 11) is 0. The van der Waals surface area contributed by atoms with E-state index in [0.717, 1.165) is 17.1 Å². The van der Waals surface area contributed by atoms with Gasteiger partial charge in [-0.2, -0.15) is 5.10 Å². The monoisotopic (exact) mass is 426 g/mol. The van der Waals surface area contributed by atoms with Crippen LogP contribution in [0.1, 0.15) is 26.5 Å². The van der Waals surface area contributed by atoms with Crippen molar-refractivity contribution in [3.8, 4) is 17.2 Å². The van der Waals surface area contributed by atoms with Crippen molar-refractivity contribution in [1.82, 2.24) is 9.78 Å². The zero-order chi connectivity index (χ0) is 22.6. The Labute approximate surface area is 187 Å². The van der Waals surface area contributed by atoms with Crippen LogP contribution in [0, 0.1) is 0 Å². The second kappa shape index (κ2) is 8.98. The average molecular weight is 427 g/mol. The van der Waals surface area contributed by atoms with E-state index >= 15 is 0 Å². The van der Waals surface area contributed by atoms with Gasteiger partial charge in [-0.3, -0.25) is 5.32 Å². The van der Waals surface area contributed by atoms with Gasteiger partial charge < -0.3 is 10.1 Å². The smallest absolute Gasteiger partial charge is 0.324 e. The second-order valence-electron chi connectivity index (χ2n) is 8.43. The Kier molecular flexibility index (Phi) is 5.94. The molecule has 0 spiro atoms. The molecule has 0 atom stereocenters. The standard InChI is InChI=1S/C26H26N4O2/c1-26(2,3)23-18-24(28-25(31)27-19-11-6-4-7-12-19)30(29-23)20-13-10-16-22(17-20)32-21-14-8-5-9-15-21/h4-18H,1-3H3,(H2,27,28,31). The first-order chi connectivity index (χ1) is 15.4. The summed E-state index contributed by atoms with van der Waals surface area (Å²) in [5.74, 6) is 2.00. The maximum Gasteiger partial charge on any atom is 0.324 e. The SMILES string of the molecule is CC(C)(C)c1cc(NC(=O)Nc2ccccc2)n(-c2cccc(Oc3ccccc3)c2)n1. The number of amides is 2. The van der Waals surface area contributed by atoms with Crippen molar-refractivity contribution in [2.24, 2.45) is 0 Å². The van der Waals surface area contributed by atoms with Crippen molar-refractivity contribution in [2.45, 2.75) is 26.2 Å². The van der Waals surface area contributed by atoms with E-state index in [1.54, 1.807) is 4.68 Å². The van der Waals surface area contributed by atoms with Gasteiger partial charge in [0.25, 0.3) is 0 Å². The van der Waals surface area contributed by atoms with Crippen molar-refractivity contribution in [1.29, 1.82) is 0 Å². The van der Waals surface area contributed by atoms with Crippen LogP contribution in [0.15, 0.2) is 91.0 Å². The molecule has 32 heavy (non-hydrogen) atoms. The lowest BCUT2D eigenvalue weighted by Gasteiger charge is -2.14. The number of carbonyl (C=O) groups is 1. The number of anilines is 2. The molecule has 0 unspecified atom stereocenters. The molecule has 4 aromatic rings. The summed E-state index contributed by atoms with van der Waals surface area (Å²) in [6, 6.07) is 28.1.